The molecule has 0 aliphatic heterocycles. The molecule has 0 heterocycles. The predicted octanol–water partition coefficient (Wildman–Crippen LogP) is 4.07. The number of alkyl halides is 2. The SMILES string of the molecule is COc1ccc(NC(=O)CNc2ccccc2SC(F)F)c(OC)c1. The molecule has 8 heteroatoms. The van der Waals surface area contributed by atoms with Gasteiger partial charge in [-0.3, -0.25) is 4.79 Å². The van der Waals surface area contributed by atoms with E-state index >= 15 is 0 Å². The summed E-state index contributed by atoms with van der Waals surface area (Å²) in [6, 6.07) is 11.6. The maximum atomic E-state index is 12.6. The van der Waals surface area contributed by atoms with Crippen molar-refractivity contribution in [2.24, 2.45) is 0 Å². The molecule has 0 saturated heterocycles. The minimum Gasteiger partial charge on any atom is -0.497 e. The van der Waals surface area contributed by atoms with Crippen molar-refractivity contribution in [2.75, 3.05) is 31.4 Å². The van der Waals surface area contributed by atoms with E-state index in [0.717, 1.165) is 0 Å². The van der Waals surface area contributed by atoms with Gasteiger partial charge in [0.2, 0.25) is 5.91 Å². The van der Waals surface area contributed by atoms with Crippen molar-refractivity contribution in [1.82, 2.24) is 0 Å². The van der Waals surface area contributed by atoms with Gasteiger partial charge in [0.25, 0.3) is 5.76 Å². The Hall–Kier alpha value is -2.48. The third-order valence-electron chi connectivity index (χ3n) is 3.23. The molecule has 0 radical (unpaired) electrons. The van der Waals surface area contributed by atoms with Gasteiger partial charge < -0.3 is 20.1 Å². The van der Waals surface area contributed by atoms with Crippen LogP contribution in [0, 0.1) is 0 Å². The molecule has 0 bridgehead atoms. The van der Waals surface area contributed by atoms with Gasteiger partial charge in [0.15, 0.2) is 0 Å². The Morgan fingerprint density at radius 2 is 1.88 bits per heavy atom. The third-order valence-corrected chi connectivity index (χ3v) is 4.01. The van der Waals surface area contributed by atoms with E-state index in [1.165, 1.54) is 14.2 Å². The number of nitrogens with one attached hydrogen (secondary N) is 2. The average molecular weight is 368 g/mol. The first-order valence-corrected chi connectivity index (χ1v) is 8.21. The van der Waals surface area contributed by atoms with E-state index in [1.807, 2.05) is 0 Å². The van der Waals surface area contributed by atoms with Gasteiger partial charge >= 0.3 is 0 Å². The quantitative estimate of drug-likeness (QED) is 0.688. The molecule has 2 N–H and O–H groups in total. The van der Waals surface area contributed by atoms with E-state index in [-0.39, 0.29) is 12.5 Å². The van der Waals surface area contributed by atoms with Crippen LogP contribution in [-0.4, -0.2) is 32.4 Å². The number of para-hydroxylation sites is 1. The van der Waals surface area contributed by atoms with Gasteiger partial charge in [-0.25, -0.2) is 0 Å². The summed E-state index contributed by atoms with van der Waals surface area (Å²) in [6.45, 7) is -0.0734. The highest BCUT2D eigenvalue weighted by Crippen LogP contribution is 2.32. The molecule has 0 aliphatic carbocycles. The molecule has 2 aromatic rings. The fourth-order valence-corrected chi connectivity index (χ4v) is 2.70. The highest BCUT2D eigenvalue weighted by atomic mass is 32.2. The Bertz CT molecular complexity index is 729. The van der Waals surface area contributed by atoms with Crippen molar-refractivity contribution in [3.05, 3.63) is 42.5 Å². The number of benzene rings is 2. The Morgan fingerprint density at radius 1 is 1.12 bits per heavy atom. The lowest BCUT2D eigenvalue weighted by molar-refractivity contribution is -0.114. The number of halogens is 2. The van der Waals surface area contributed by atoms with E-state index in [4.69, 9.17) is 9.47 Å². The number of amides is 1. The van der Waals surface area contributed by atoms with Crippen LogP contribution in [0.5, 0.6) is 11.5 Å². The smallest absolute Gasteiger partial charge is 0.288 e. The molecular weight excluding hydrogens is 350 g/mol. The maximum Gasteiger partial charge on any atom is 0.288 e. The molecule has 0 fully saturated rings. The second-order valence-corrected chi connectivity index (χ2v) is 5.87. The van der Waals surface area contributed by atoms with Crippen LogP contribution < -0.4 is 20.1 Å². The molecule has 0 aliphatic rings. The van der Waals surface area contributed by atoms with Gasteiger partial charge in [-0.2, -0.15) is 8.78 Å². The molecule has 2 aromatic carbocycles. The van der Waals surface area contributed by atoms with Crippen molar-refractivity contribution in [2.45, 2.75) is 10.7 Å². The zero-order chi connectivity index (χ0) is 18.2. The number of hydrogen-bond donors (Lipinski definition) is 2. The van der Waals surface area contributed by atoms with Crippen LogP contribution in [0.3, 0.4) is 0 Å². The molecule has 5 nitrogen and oxygen atoms in total. The summed E-state index contributed by atoms with van der Waals surface area (Å²) in [6.07, 6.45) is 0. The predicted molar refractivity (Wildman–Crippen MR) is 95.0 cm³/mol. The topological polar surface area (TPSA) is 59.6 Å². The minimum absolute atomic E-state index is 0.0734. The molecule has 25 heavy (non-hydrogen) atoms. The van der Waals surface area contributed by atoms with Crippen LogP contribution in [0.25, 0.3) is 0 Å². The first-order valence-electron chi connectivity index (χ1n) is 7.33. The number of rotatable bonds is 8. The van der Waals surface area contributed by atoms with Gasteiger partial charge in [-0.05, 0) is 24.3 Å². The standard InChI is InChI=1S/C17H18F2N2O3S/c1-23-11-7-8-12(14(9-11)24-2)21-16(22)10-20-13-5-3-4-6-15(13)25-17(18)19/h3-9,17,20H,10H2,1-2H3,(H,21,22). The summed E-state index contributed by atoms with van der Waals surface area (Å²) >= 11 is 0.429. The van der Waals surface area contributed by atoms with Gasteiger partial charge in [0.05, 0.1) is 26.5 Å². The van der Waals surface area contributed by atoms with E-state index in [0.29, 0.717) is 39.5 Å². The van der Waals surface area contributed by atoms with Crippen LogP contribution in [0.4, 0.5) is 20.2 Å². The number of carbonyl (C=O) groups excluding carboxylic acids is 1. The fraction of sp³-hybridized carbons (Fsp3) is 0.235. The van der Waals surface area contributed by atoms with Crippen LogP contribution >= 0.6 is 11.8 Å². The summed E-state index contributed by atoms with van der Waals surface area (Å²) < 4.78 is 35.4. The Labute approximate surface area is 148 Å². The highest BCUT2D eigenvalue weighted by molar-refractivity contribution is 7.99. The Balaban J connectivity index is 2.00. The molecule has 0 aromatic heterocycles. The lowest BCUT2D eigenvalue weighted by Crippen LogP contribution is -2.22. The zero-order valence-corrected chi connectivity index (χ0v) is 14.5. The largest absolute Gasteiger partial charge is 0.497 e. The number of hydrogen-bond acceptors (Lipinski definition) is 5. The van der Waals surface area contributed by atoms with Crippen molar-refractivity contribution in [1.29, 1.82) is 0 Å². The average Bonchev–Trinajstić information content (AvgIpc) is 2.61. The summed E-state index contributed by atoms with van der Waals surface area (Å²) in [7, 11) is 3.02. The van der Waals surface area contributed by atoms with Crippen LogP contribution in [0.1, 0.15) is 0 Å². The Kier molecular flexibility index (Phi) is 6.88. The summed E-state index contributed by atoms with van der Waals surface area (Å²) in [5.74, 6) is -1.80. The Morgan fingerprint density at radius 3 is 2.56 bits per heavy atom. The molecular formula is C17H18F2N2O3S. The maximum absolute atomic E-state index is 12.6. The van der Waals surface area contributed by atoms with Crippen LogP contribution in [-0.2, 0) is 4.79 Å². The van der Waals surface area contributed by atoms with E-state index in [1.54, 1.807) is 42.5 Å². The lowest BCUT2D eigenvalue weighted by Gasteiger charge is -2.13. The summed E-state index contributed by atoms with van der Waals surface area (Å²) in [5, 5.41) is 5.57. The zero-order valence-electron chi connectivity index (χ0n) is 13.7. The molecule has 134 valence electrons. The van der Waals surface area contributed by atoms with Gasteiger partial charge in [-0.15, -0.1) is 0 Å². The fourth-order valence-electron chi connectivity index (χ4n) is 2.08. The first kappa shape index (κ1) is 18.9. The molecule has 0 saturated carbocycles. The van der Waals surface area contributed by atoms with Crippen molar-refractivity contribution in [3.8, 4) is 11.5 Å². The van der Waals surface area contributed by atoms with Crippen LogP contribution in [0.15, 0.2) is 47.4 Å². The van der Waals surface area contributed by atoms with Crippen molar-refractivity contribution in [3.63, 3.8) is 0 Å². The van der Waals surface area contributed by atoms with E-state index in [9.17, 15) is 13.6 Å². The number of ether oxygens (including phenoxy) is 2. The number of anilines is 2. The molecule has 2 rings (SSSR count). The lowest BCUT2D eigenvalue weighted by atomic mass is 10.2. The molecule has 0 spiro atoms. The van der Waals surface area contributed by atoms with Gasteiger partial charge in [0.1, 0.15) is 11.5 Å². The van der Waals surface area contributed by atoms with E-state index in [2.05, 4.69) is 10.6 Å². The van der Waals surface area contributed by atoms with Crippen molar-refractivity contribution >= 4 is 29.0 Å². The second kappa shape index (κ2) is 9.12. The third kappa shape index (κ3) is 5.53. The minimum atomic E-state index is -2.53. The molecule has 1 amide bonds. The van der Waals surface area contributed by atoms with Gasteiger partial charge in [-0.1, -0.05) is 23.9 Å². The van der Waals surface area contributed by atoms with Gasteiger partial charge in [0, 0.05) is 16.6 Å². The normalized spacial score (nSPS) is 10.4. The first-order chi connectivity index (χ1) is 12.0. The van der Waals surface area contributed by atoms with Crippen molar-refractivity contribution < 1.29 is 23.0 Å². The monoisotopic (exact) mass is 368 g/mol. The molecule has 0 atom stereocenters. The summed E-state index contributed by atoms with van der Waals surface area (Å²) in [5.41, 5.74) is 0.968. The van der Waals surface area contributed by atoms with Crippen LogP contribution in [0.2, 0.25) is 0 Å². The second-order valence-electron chi connectivity index (χ2n) is 4.84. The number of thioether (sulfide) groups is 1. The number of carbonyl (C=O) groups is 1. The number of methoxy groups -OCH3 is 2. The summed E-state index contributed by atoms with van der Waals surface area (Å²) in [4.78, 5) is 12.5. The van der Waals surface area contributed by atoms with E-state index < -0.39 is 5.76 Å². The highest BCUT2D eigenvalue weighted by Gasteiger charge is 2.12. The molecule has 0 unspecified atom stereocenters.